The largest absolute Gasteiger partial charge is 0.465 e. The molecular weight excluding hydrogens is 410 g/mol. The smallest absolute Gasteiger partial charge is 0.338 e. The zero-order valence-corrected chi connectivity index (χ0v) is 17.8. The van der Waals surface area contributed by atoms with Crippen molar-refractivity contribution in [1.29, 1.82) is 0 Å². The molecule has 1 N–H and O–H groups in total. The first-order valence-corrected chi connectivity index (χ1v) is 9.91. The third-order valence-corrected chi connectivity index (χ3v) is 5.15. The second kappa shape index (κ2) is 8.50. The van der Waals surface area contributed by atoms with Gasteiger partial charge in [-0.05, 0) is 68.4 Å². The third-order valence-electron chi connectivity index (χ3n) is 5.15. The lowest BCUT2D eigenvalue weighted by Gasteiger charge is -2.10. The van der Waals surface area contributed by atoms with E-state index in [-0.39, 0.29) is 23.6 Å². The Labute approximate surface area is 183 Å². The van der Waals surface area contributed by atoms with E-state index in [1.54, 1.807) is 12.1 Å². The number of aryl methyl sites for hydroxylation is 2. The summed E-state index contributed by atoms with van der Waals surface area (Å²) in [6.07, 6.45) is 0. The first kappa shape index (κ1) is 21.0. The normalized spacial score (nSPS) is 10.8. The Morgan fingerprint density at radius 2 is 1.59 bits per heavy atom. The predicted molar refractivity (Wildman–Crippen MR) is 118 cm³/mol. The van der Waals surface area contributed by atoms with Gasteiger partial charge in [-0.2, -0.15) is 0 Å². The number of nitrogens with one attached hydrogen (secondary N) is 1. The molecule has 0 aliphatic heterocycles. The first-order valence-electron chi connectivity index (χ1n) is 9.91. The fourth-order valence-corrected chi connectivity index (χ4v) is 3.54. The zero-order chi connectivity index (χ0) is 22.8. The van der Waals surface area contributed by atoms with Crippen LogP contribution in [0.3, 0.4) is 0 Å². The van der Waals surface area contributed by atoms with E-state index in [2.05, 4.69) is 14.5 Å². The third kappa shape index (κ3) is 4.02. The molecule has 4 rings (SSSR count). The van der Waals surface area contributed by atoms with Gasteiger partial charge in [0, 0.05) is 17.1 Å². The average molecular weight is 431 g/mol. The lowest BCUT2D eigenvalue weighted by molar-refractivity contribution is 0.0462. The molecule has 0 amide bonds. The monoisotopic (exact) mass is 431 g/mol. The van der Waals surface area contributed by atoms with E-state index in [1.165, 1.54) is 25.3 Å². The minimum absolute atomic E-state index is 0.174. The van der Waals surface area contributed by atoms with Crippen LogP contribution in [0, 0.1) is 13.8 Å². The minimum atomic E-state index is -0.538. The molecule has 0 bridgehead atoms. The number of hydrogen-bond donors (Lipinski definition) is 1. The van der Waals surface area contributed by atoms with Crippen LogP contribution in [-0.2, 0) is 16.1 Å². The van der Waals surface area contributed by atoms with Gasteiger partial charge in [0.15, 0.2) is 0 Å². The van der Waals surface area contributed by atoms with Crippen LogP contribution in [0.1, 0.15) is 37.9 Å². The molecule has 0 saturated heterocycles. The molecule has 32 heavy (non-hydrogen) atoms. The molecule has 4 aromatic rings. The van der Waals surface area contributed by atoms with Gasteiger partial charge in [-0.15, -0.1) is 0 Å². The second-order valence-electron chi connectivity index (χ2n) is 7.31. The highest BCUT2D eigenvalue weighted by molar-refractivity contribution is 5.94. The molecule has 8 heteroatoms. The quantitative estimate of drug-likeness (QED) is 0.485. The Morgan fingerprint density at radius 3 is 2.25 bits per heavy atom. The summed E-state index contributed by atoms with van der Waals surface area (Å²) in [6, 6.07) is 15.6. The van der Waals surface area contributed by atoms with Gasteiger partial charge in [0.1, 0.15) is 12.4 Å². The van der Waals surface area contributed by atoms with E-state index in [9.17, 15) is 14.4 Å². The number of methoxy groups -OCH3 is 1. The van der Waals surface area contributed by atoms with Crippen molar-refractivity contribution in [2.24, 2.45) is 0 Å². The van der Waals surface area contributed by atoms with Gasteiger partial charge in [0.2, 0.25) is 0 Å². The highest BCUT2D eigenvalue weighted by Gasteiger charge is 2.13. The fraction of sp³-hybridized carbons (Fsp3) is 0.167. The van der Waals surface area contributed by atoms with Crippen LogP contribution in [-0.4, -0.2) is 33.6 Å². The molecule has 0 saturated carbocycles. The number of carbonyl (C=O) groups excluding carboxylic acids is 2. The lowest BCUT2D eigenvalue weighted by atomic mass is 10.1. The van der Waals surface area contributed by atoms with Crippen LogP contribution in [0.4, 0.5) is 0 Å². The Morgan fingerprint density at radius 1 is 0.938 bits per heavy atom. The summed E-state index contributed by atoms with van der Waals surface area (Å²) in [5, 5.41) is 0.318. The summed E-state index contributed by atoms with van der Waals surface area (Å²) in [4.78, 5) is 43.4. The van der Waals surface area contributed by atoms with Crippen LogP contribution in [0.25, 0.3) is 16.6 Å². The molecule has 2 aromatic carbocycles. The number of H-pyrrole nitrogens is 1. The van der Waals surface area contributed by atoms with E-state index in [4.69, 9.17) is 9.47 Å². The van der Waals surface area contributed by atoms with Crippen LogP contribution in [0.2, 0.25) is 0 Å². The van der Waals surface area contributed by atoms with E-state index >= 15 is 0 Å². The van der Waals surface area contributed by atoms with Crippen LogP contribution in [0.5, 0.6) is 0 Å². The summed E-state index contributed by atoms with van der Waals surface area (Å²) in [7, 11) is 1.27. The fourth-order valence-electron chi connectivity index (χ4n) is 3.54. The Hall–Kier alpha value is -4.20. The number of benzene rings is 2. The van der Waals surface area contributed by atoms with Crippen molar-refractivity contribution >= 4 is 22.8 Å². The lowest BCUT2D eigenvalue weighted by Crippen LogP contribution is -2.15. The van der Waals surface area contributed by atoms with Crippen molar-refractivity contribution in [3.05, 3.63) is 93.3 Å². The Balaban J connectivity index is 1.51. The standard InChI is InChI=1S/C24H21N3O5/c1-14-4-5-15(2)27(14)18-9-6-16(7-10-18)24(30)32-13-21-25-20-12-17(23(29)31-3)8-11-19(20)22(28)26-21/h4-12H,13H2,1-3H3,(H,25,26,28). The molecule has 2 heterocycles. The van der Waals surface area contributed by atoms with Crippen molar-refractivity contribution in [1.82, 2.24) is 14.5 Å². The molecule has 0 spiro atoms. The van der Waals surface area contributed by atoms with Crippen molar-refractivity contribution in [2.45, 2.75) is 20.5 Å². The Bertz CT molecular complexity index is 1360. The number of rotatable bonds is 5. The maximum atomic E-state index is 12.5. The van der Waals surface area contributed by atoms with Gasteiger partial charge in [0.25, 0.3) is 5.56 Å². The summed E-state index contributed by atoms with van der Waals surface area (Å²) in [5.41, 5.74) is 3.72. The van der Waals surface area contributed by atoms with Gasteiger partial charge >= 0.3 is 11.9 Å². The van der Waals surface area contributed by atoms with Crippen LogP contribution < -0.4 is 5.56 Å². The van der Waals surface area contributed by atoms with Crippen molar-refractivity contribution in [3.63, 3.8) is 0 Å². The van der Waals surface area contributed by atoms with Crippen LogP contribution >= 0.6 is 0 Å². The number of hydrogen-bond acceptors (Lipinski definition) is 6. The molecular formula is C24H21N3O5. The maximum absolute atomic E-state index is 12.5. The van der Waals surface area contributed by atoms with E-state index in [0.717, 1.165) is 17.1 Å². The molecule has 0 unspecified atom stereocenters. The van der Waals surface area contributed by atoms with Gasteiger partial charge < -0.3 is 19.0 Å². The van der Waals surface area contributed by atoms with Gasteiger partial charge in [-0.1, -0.05) is 0 Å². The molecule has 0 radical (unpaired) electrons. The van der Waals surface area contributed by atoms with Crippen molar-refractivity contribution < 1.29 is 19.1 Å². The van der Waals surface area contributed by atoms with Crippen molar-refractivity contribution in [3.8, 4) is 5.69 Å². The first-order chi connectivity index (χ1) is 15.4. The molecule has 0 fully saturated rings. The minimum Gasteiger partial charge on any atom is -0.465 e. The summed E-state index contributed by atoms with van der Waals surface area (Å²) < 4.78 is 12.1. The summed E-state index contributed by atoms with van der Waals surface area (Å²) in [5.74, 6) is -0.896. The molecule has 0 atom stereocenters. The molecule has 162 valence electrons. The highest BCUT2D eigenvalue weighted by Crippen LogP contribution is 2.17. The summed E-state index contributed by atoms with van der Waals surface area (Å²) >= 11 is 0. The molecule has 0 aliphatic rings. The van der Waals surface area contributed by atoms with Crippen molar-refractivity contribution in [2.75, 3.05) is 7.11 Å². The number of nitrogens with zero attached hydrogens (tertiary/aromatic N) is 2. The number of carbonyl (C=O) groups is 2. The number of aromatic amines is 1. The summed E-state index contributed by atoms with van der Waals surface area (Å²) in [6.45, 7) is 3.81. The molecule has 0 aliphatic carbocycles. The van der Waals surface area contributed by atoms with E-state index < -0.39 is 11.9 Å². The molecule has 2 aromatic heterocycles. The average Bonchev–Trinajstić information content (AvgIpc) is 3.14. The van der Waals surface area contributed by atoms with Gasteiger partial charge in [-0.3, -0.25) is 4.79 Å². The number of fused-ring (bicyclic) bond motifs is 1. The molecule has 8 nitrogen and oxygen atoms in total. The van der Waals surface area contributed by atoms with Gasteiger partial charge in [-0.25, -0.2) is 14.6 Å². The number of ether oxygens (including phenoxy) is 2. The topological polar surface area (TPSA) is 103 Å². The second-order valence-corrected chi connectivity index (χ2v) is 7.31. The zero-order valence-electron chi connectivity index (χ0n) is 17.8. The Kier molecular flexibility index (Phi) is 5.59. The van der Waals surface area contributed by atoms with E-state index in [1.807, 2.05) is 38.1 Å². The SMILES string of the molecule is COC(=O)c1ccc2c(=O)[nH]c(COC(=O)c3ccc(-n4c(C)ccc4C)cc3)nc2c1. The number of aromatic nitrogens is 3. The van der Waals surface area contributed by atoms with E-state index in [0.29, 0.717) is 16.5 Å². The van der Waals surface area contributed by atoms with Gasteiger partial charge in [0.05, 0.1) is 29.1 Å². The maximum Gasteiger partial charge on any atom is 0.338 e. The number of esters is 2. The highest BCUT2D eigenvalue weighted by atomic mass is 16.5. The van der Waals surface area contributed by atoms with Crippen LogP contribution in [0.15, 0.2) is 59.4 Å². The predicted octanol–water partition coefficient (Wildman–Crippen LogP) is 3.47.